The smallest absolute Gasteiger partial charge is 0.267 e. The van der Waals surface area contributed by atoms with Crippen molar-refractivity contribution >= 4 is 17.7 Å². The number of aliphatic hydroxyl groups is 1. The van der Waals surface area contributed by atoms with E-state index in [2.05, 4.69) is 17.2 Å². The van der Waals surface area contributed by atoms with E-state index < -0.39 is 5.60 Å². The molecule has 4 nitrogen and oxygen atoms in total. The first-order valence-electron chi connectivity index (χ1n) is 5.91. The number of aromatic nitrogens is 1. The maximum absolute atomic E-state index is 11.7. The number of carbonyl (C=O) groups is 1. The monoisotopic (exact) mass is 254 g/mol. The van der Waals surface area contributed by atoms with E-state index in [1.54, 1.807) is 30.1 Å². The molecule has 0 saturated heterocycles. The van der Waals surface area contributed by atoms with E-state index in [9.17, 15) is 9.90 Å². The Morgan fingerprint density at radius 3 is 3.12 bits per heavy atom. The first-order valence-corrected chi connectivity index (χ1v) is 6.96. The van der Waals surface area contributed by atoms with Gasteiger partial charge in [-0.05, 0) is 30.7 Å². The summed E-state index contributed by atoms with van der Waals surface area (Å²) in [6, 6.07) is 3.50. The van der Waals surface area contributed by atoms with Crippen molar-refractivity contribution in [2.75, 3.05) is 12.3 Å². The Morgan fingerprint density at radius 1 is 1.76 bits per heavy atom. The minimum atomic E-state index is -0.719. The van der Waals surface area contributed by atoms with Crippen LogP contribution in [0.1, 0.15) is 30.3 Å². The minimum Gasteiger partial charge on any atom is -0.387 e. The van der Waals surface area contributed by atoms with Crippen molar-refractivity contribution in [3.63, 3.8) is 0 Å². The SMILES string of the molecule is CCS[C@@H]1CC[C@@]1(O)CNC(=O)c1ccc[nH]1. The van der Waals surface area contributed by atoms with E-state index >= 15 is 0 Å². The molecule has 1 heterocycles. The summed E-state index contributed by atoms with van der Waals surface area (Å²) in [7, 11) is 0. The van der Waals surface area contributed by atoms with Crippen LogP contribution >= 0.6 is 11.8 Å². The van der Waals surface area contributed by atoms with E-state index in [4.69, 9.17) is 0 Å². The second-order valence-electron chi connectivity index (χ2n) is 4.35. The fourth-order valence-corrected chi connectivity index (χ4v) is 3.24. The highest BCUT2D eigenvalue weighted by Gasteiger charge is 2.45. The molecule has 0 unspecified atom stereocenters. The van der Waals surface area contributed by atoms with Gasteiger partial charge in [0.2, 0.25) is 0 Å². The number of hydrogen-bond acceptors (Lipinski definition) is 3. The zero-order chi connectivity index (χ0) is 12.3. The van der Waals surface area contributed by atoms with Crippen LogP contribution in [0.3, 0.4) is 0 Å². The van der Waals surface area contributed by atoms with E-state index in [-0.39, 0.29) is 11.2 Å². The third kappa shape index (κ3) is 2.66. The highest BCUT2D eigenvalue weighted by Crippen LogP contribution is 2.40. The Kier molecular flexibility index (Phi) is 3.79. The normalized spacial score (nSPS) is 27.5. The summed E-state index contributed by atoms with van der Waals surface area (Å²) in [5.41, 5.74) is -0.184. The van der Waals surface area contributed by atoms with Crippen LogP contribution in [0.5, 0.6) is 0 Å². The predicted octanol–water partition coefficient (Wildman–Crippen LogP) is 1.39. The standard InChI is InChI=1S/C12H18N2O2S/c1-2-17-10-5-6-12(10,16)8-14-11(15)9-4-3-7-13-9/h3-4,7,10,13,16H,2,5-6,8H2,1H3,(H,14,15)/t10-,12-/m1/s1. The van der Waals surface area contributed by atoms with Crippen molar-refractivity contribution in [2.45, 2.75) is 30.6 Å². The van der Waals surface area contributed by atoms with Crippen LogP contribution in [0.4, 0.5) is 0 Å². The molecular weight excluding hydrogens is 236 g/mol. The third-order valence-corrected chi connectivity index (χ3v) is 4.61. The molecule has 1 aliphatic rings. The molecule has 1 aromatic heterocycles. The van der Waals surface area contributed by atoms with E-state index in [0.717, 1.165) is 18.6 Å². The number of H-pyrrole nitrogens is 1. The van der Waals surface area contributed by atoms with Crippen LogP contribution < -0.4 is 5.32 Å². The first kappa shape index (κ1) is 12.5. The first-order chi connectivity index (χ1) is 8.15. The van der Waals surface area contributed by atoms with Gasteiger partial charge in [-0.25, -0.2) is 0 Å². The highest BCUT2D eigenvalue weighted by atomic mass is 32.2. The average Bonchev–Trinajstić information content (AvgIpc) is 2.85. The van der Waals surface area contributed by atoms with Crippen LogP contribution in [-0.4, -0.2) is 39.1 Å². The zero-order valence-electron chi connectivity index (χ0n) is 9.90. The van der Waals surface area contributed by atoms with Crippen LogP contribution in [0.25, 0.3) is 0 Å². The molecule has 1 aromatic rings. The topological polar surface area (TPSA) is 65.1 Å². The van der Waals surface area contributed by atoms with Gasteiger partial charge < -0.3 is 15.4 Å². The molecule has 0 radical (unpaired) electrons. The lowest BCUT2D eigenvalue weighted by Gasteiger charge is -2.45. The Balaban J connectivity index is 1.84. The molecule has 2 rings (SSSR count). The number of amides is 1. The van der Waals surface area contributed by atoms with Gasteiger partial charge in [-0.15, -0.1) is 0 Å². The van der Waals surface area contributed by atoms with Gasteiger partial charge in [0.05, 0.1) is 5.60 Å². The van der Waals surface area contributed by atoms with E-state index in [0.29, 0.717) is 12.2 Å². The fraction of sp³-hybridized carbons (Fsp3) is 0.583. The summed E-state index contributed by atoms with van der Waals surface area (Å²) in [4.78, 5) is 14.5. The second kappa shape index (κ2) is 5.14. The largest absolute Gasteiger partial charge is 0.387 e. The van der Waals surface area contributed by atoms with Gasteiger partial charge in [-0.2, -0.15) is 11.8 Å². The Morgan fingerprint density at radius 2 is 2.59 bits per heavy atom. The van der Waals surface area contributed by atoms with Gasteiger partial charge in [0.1, 0.15) is 5.69 Å². The van der Waals surface area contributed by atoms with Gasteiger partial charge in [0, 0.05) is 18.0 Å². The van der Waals surface area contributed by atoms with Crippen molar-refractivity contribution in [2.24, 2.45) is 0 Å². The van der Waals surface area contributed by atoms with Crippen LogP contribution in [0.15, 0.2) is 18.3 Å². The van der Waals surface area contributed by atoms with E-state index in [1.807, 2.05) is 0 Å². The van der Waals surface area contributed by atoms with Crippen LogP contribution in [-0.2, 0) is 0 Å². The van der Waals surface area contributed by atoms with Gasteiger partial charge >= 0.3 is 0 Å². The van der Waals surface area contributed by atoms with Crippen molar-refractivity contribution < 1.29 is 9.90 Å². The zero-order valence-corrected chi connectivity index (χ0v) is 10.7. The lowest BCUT2D eigenvalue weighted by molar-refractivity contribution is -0.0222. The fourth-order valence-electron chi connectivity index (χ4n) is 2.04. The summed E-state index contributed by atoms with van der Waals surface area (Å²) < 4.78 is 0. The molecule has 0 aliphatic heterocycles. The summed E-state index contributed by atoms with van der Waals surface area (Å²) in [6.45, 7) is 2.42. The summed E-state index contributed by atoms with van der Waals surface area (Å²) in [5.74, 6) is 0.841. The summed E-state index contributed by atoms with van der Waals surface area (Å²) >= 11 is 1.77. The molecule has 0 bridgehead atoms. The van der Waals surface area contributed by atoms with Gasteiger partial charge in [0.15, 0.2) is 0 Å². The van der Waals surface area contributed by atoms with Gasteiger partial charge in [-0.1, -0.05) is 6.92 Å². The molecule has 0 spiro atoms. The summed E-state index contributed by atoms with van der Waals surface area (Å²) in [6.07, 6.45) is 3.52. The average molecular weight is 254 g/mol. The second-order valence-corrected chi connectivity index (χ2v) is 5.83. The maximum Gasteiger partial charge on any atom is 0.267 e. The lowest BCUT2D eigenvalue weighted by atomic mass is 9.79. The molecule has 17 heavy (non-hydrogen) atoms. The lowest BCUT2D eigenvalue weighted by Crippen LogP contribution is -2.57. The minimum absolute atomic E-state index is 0.157. The van der Waals surface area contributed by atoms with Crippen molar-refractivity contribution in [3.05, 3.63) is 24.0 Å². The molecule has 2 atom stereocenters. The third-order valence-electron chi connectivity index (χ3n) is 3.20. The number of hydrogen-bond donors (Lipinski definition) is 3. The number of aromatic amines is 1. The highest BCUT2D eigenvalue weighted by molar-refractivity contribution is 8.00. The molecule has 1 aliphatic carbocycles. The van der Waals surface area contributed by atoms with Crippen LogP contribution in [0, 0.1) is 0 Å². The predicted molar refractivity (Wildman–Crippen MR) is 69.2 cm³/mol. The molecule has 1 amide bonds. The van der Waals surface area contributed by atoms with Crippen molar-refractivity contribution in [1.29, 1.82) is 0 Å². The van der Waals surface area contributed by atoms with Crippen LogP contribution in [0.2, 0.25) is 0 Å². The quantitative estimate of drug-likeness (QED) is 0.744. The number of thioether (sulfide) groups is 1. The van der Waals surface area contributed by atoms with E-state index in [1.165, 1.54) is 0 Å². The van der Waals surface area contributed by atoms with Crippen molar-refractivity contribution in [1.82, 2.24) is 10.3 Å². The Hall–Kier alpha value is -0.940. The Bertz CT molecular complexity index is 380. The molecule has 1 fully saturated rings. The molecule has 94 valence electrons. The van der Waals surface area contributed by atoms with Gasteiger partial charge in [-0.3, -0.25) is 4.79 Å². The molecule has 5 heteroatoms. The number of nitrogens with one attached hydrogen (secondary N) is 2. The number of rotatable bonds is 5. The molecule has 0 aromatic carbocycles. The Labute approximate surface area is 105 Å². The van der Waals surface area contributed by atoms with Gasteiger partial charge in [0.25, 0.3) is 5.91 Å². The maximum atomic E-state index is 11.7. The number of carbonyl (C=O) groups excluding carboxylic acids is 1. The molecular formula is C12H18N2O2S. The summed E-state index contributed by atoms with van der Waals surface area (Å²) in [5, 5.41) is 13.3. The molecule has 3 N–H and O–H groups in total. The molecule has 1 saturated carbocycles. The van der Waals surface area contributed by atoms with Crippen molar-refractivity contribution in [3.8, 4) is 0 Å².